The molecule has 1 N–H and O–H groups in total. The molecule has 1 aliphatic rings. The van der Waals surface area contributed by atoms with Crippen molar-refractivity contribution in [3.05, 3.63) is 71.8 Å². The van der Waals surface area contributed by atoms with Gasteiger partial charge in [-0.2, -0.15) is 0 Å². The van der Waals surface area contributed by atoms with Crippen molar-refractivity contribution < 1.29 is 27.9 Å². The normalized spacial score (nSPS) is 17.4. The highest BCUT2D eigenvalue weighted by atomic mass is 32.2. The Morgan fingerprint density at radius 1 is 1.06 bits per heavy atom. The smallest absolute Gasteiger partial charge is 0.310 e. The van der Waals surface area contributed by atoms with Gasteiger partial charge in [-0.1, -0.05) is 60.7 Å². The lowest BCUT2D eigenvalue weighted by molar-refractivity contribution is -0.149. The first kappa shape index (κ1) is 25.9. The summed E-state index contributed by atoms with van der Waals surface area (Å²) < 4.78 is 30.8. The summed E-state index contributed by atoms with van der Waals surface area (Å²) in [5.41, 5.74) is 1.61. The number of carbonyl (C=O) groups is 2. The highest BCUT2D eigenvalue weighted by molar-refractivity contribution is 7.93. The van der Waals surface area contributed by atoms with Crippen LogP contribution in [-0.2, 0) is 37.2 Å². The van der Waals surface area contributed by atoms with Crippen LogP contribution in [0.5, 0.6) is 0 Å². The van der Waals surface area contributed by atoms with Gasteiger partial charge >= 0.3 is 5.97 Å². The zero-order valence-electron chi connectivity index (χ0n) is 19.7. The van der Waals surface area contributed by atoms with Gasteiger partial charge in [0.25, 0.3) is 0 Å². The Balaban J connectivity index is 1.80. The minimum atomic E-state index is -4.05. The van der Waals surface area contributed by atoms with Crippen LogP contribution in [0.25, 0.3) is 0 Å². The van der Waals surface area contributed by atoms with Gasteiger partial charge in [0.2, 0.25) is 5.91 Å². The maximum Gasteiger partial charge on any atom is 0.310 e. The van der Waals surface area contributed by atoms with E-state index in [4.69, 9.17) is 4.74 Å². The molecule has 8 heteroatoms. The number of hydrogen-bond donors (Lipinski definition) is 1. The second-order valence-electron chi connectivity index (χ2n) is 9.25. The zero-order valence-corrected chi connectivity index (χ0v) is 20.5. The maximum atomic E-state index is 13.5. The van der Waals surface area contributed by atoms with Gasteiger partial charge in [-0.05, 0) is 44.2 Å². The first-order chi connectivity index (χ1) is 16.2. The van der Waals surface area contributed by atoms with Gasteiger partial charge in [0.15, 0.2) is 9.84 Å². The molecule has 0 aromatic heterocycles. The molecule has 2 aromatic rings. The fourth-order valence-corrected chi connectivity index (χ4v) is 5.78. The fraction of sp³-hybridized carbons (Fsp3) is 0.462. The summed E-state index contributed by atoms with van der Waals surface area (Å²) >= 11 is 0. The molecule has 2 atom stereocenters. The number of aliphatic hydroxyl groups is 1. The van der Waals surface area contributed by atoms with E-state index in [2.05, 4.69) is 0 Å². The van der Waals surface area contributed by atoms with Crippen molar-refractivity contribution in [2.24, 2.45) is 5.92 Å². The second kappa shape index (κ2) is 11.1. The van der Waals surface area contributed by atoms with Crippen molar-refractivity contribution in [1.82, 2.24) is 4.90 Å². The fourth-order valence-electron chi connectivity index (χ4n) is 4.20. The SMILES string of the molecule is CC(C)(C(=O)N1CCC[C@@H]1CO)S(=O)(=O)CC(Cc1ccccc1)C(=O)OCc1ccccc1. The Labute approximate surface area is 201 Å². The molecule has 2 aromatic carbocycles. The van der Waals surface area contributed by atoms with Crippen LogP contribution in [0.4, 0.5) is 0 Å². The van der Waals surface area contributed by atoms with Crippen molar-refractivity contribution in [1.29, 1.82) is 0 Å². The molecule has 1 aliphatic heterocycles. The Bertz CT molecular complexity index is 1070. The van der Waals surface area contributed by atoms with E-state index in [9.17, 15) is 23.1 Å². The Morgan fingerprint density at radius 2 is 1.65 bits per heavy atom. The van der Waals surface area contributed by atoms with Gasteiger partial charge in [-0.3, -0.25) is 9.59 Å². The molecule has 1 saturated heterocycles. The molecule has 0 spiro atoms. The van der Waals surface area contributed by atoms with Crippen LogP contribution in [0.15, 0.2) is 60.7 Å². The molecule has 0 aliphatic carbocycles. The third kappa shape index (κ3) is 6.04. The molecule has 0 saturated carbocycles. The van der Waals surface area contributed by atoms with Crippen LogP contribution in [0.3, 0.4) is 0 Å². The van der Waals surface area contributed by atoms with E-state index >= 15 is 0 Å². The first-order valence-electron chi connectivity index (χ1n) is 11.5. The maximum absolute atomic E-state index is 13.5. The number of benzene rings is 2. The predicted molar refractivity (Wildman–Crippen MR) is 130 cm³/mol. The lowest BCUT2D eigenvalue weighted by Crippen LogP contribution is -2.53. The van der Waals surface area contributed by atoms with E-state index in [1.54, 1.807) is 0 Å². The van der Waals surface area contributed by atoms with Gasteiger partial charge in [0, 0.05) is 6.54 Å². The molecule has 184 valence electrons. The lowest BCUT2D eigenvalue weighted by atomic mass is 10.0. The highest BCUT2D eigenvalue weighted by Crippen LogP contribution is 2.28. The van der Waals surface area contributed by atoms with Gasteiger partial charge in [-0.25, -0.2) is 8.42 Å². The van der Waals surface area contributed by atoms with E-state index in [0.29, 0.717) is 13.0 Å². The third-order valence-corrected chi connectivity index (χ3v) is 9.01. The van der Waals surface area contributed by atoms with E-state index in [-0.39, 0.29) is 25.7 Å². The summed E-state index contributed by atoms with van der Waals surface area (Å²) in [5, 5.41) is 9.58. The number of nitrogens with zero attached hydrogens (tertiary/aromatic N) is 1. The minimum Gasteiger partial charge on any atom is -0.461 e. The average Bonchev–Trinajstić information content (AvgIpc) is 3.31. The van der Waals surface area contributed by atoms with Gasteiger partial charge in [0.05, 0.1) is 24.3 Å². The van der Waals surface area contributed by atoms with Crippen LogP contribution >= 0.6 is 0 Å². The molecule has 3 rings (SSSR count). The molecule has 1 fully saturated rings. The van der Waals surface area contributed by atoms with E-state index in [1.807, 2.05) is 60.7 Å². The summed E-state index contributed by atoms with van der Waals surface area (Å²) in [4.78, 5) is 27.7. The molecule has 1 amide bonds. The van der Waals surface area contributed by atoms with E-state index in [0.717, 1.165) is 17.5 Å². The van der Waals surface area contributed by atoms with Crippen LogP contribution in [0.1, 0.15) is 37.8 Å². The van der Waals surface area contributed by atoms with E-state index in [1.165, 1.54) is 18.7 Å². The summed E-state index contributed by atoms with van der Waals surface area (Å²) in [6.07, 6.45) is 1.54. The largest absolute Gasteiger partial charge is 0.461 e. The van der Waals surface area contributed by atoms with Gasteiger partial charge in [-0.15, -0.1) is 0 Å². The van der Waals surface area contributed by atoms with Crippen molar-refractivity contribution in [2.45, 2.75) is 50.5 Å². The minimum absolute atomic E-state index is 0.0410. The molecular formula is C26H33NO6S. The number of likely N-dealkylation sites (tertiary alicyclic amines) is 1. The summed E-state index contributed by atoms with van der Waals surface area (Å²) in [7, 11) is -4.05. The quantitative estimate of drug-likeness (QED) is 0.517. The molecule has 34 heavy (non-hydrogen) atoms. The lowest BCUT2D eigenvalue weighted by Gasteiger charge is -2.33. The average molecular weight is 488 g/mol. The Kier molecular flexibility index (Phi) is 8.49. The number of rotatable bonds is 10. The van der Waals surface area contributed by atoms with Crippen LogP contribution < -0.4 is 0 Å². The topological polar surface area (TPSA) is 101 Å². The number of carbonyl (C=O) groups excluding carboxylic acids is 2. The molecule has 1 unspecified atom stereocenters. The molecule has 1 heterocycles. The first-order valence-corrected chi connectivity index (χ1v) is 13.2. The number of hydrogen-bond acceptors (Lipinski definition) is 6. The van der Waals surface area contributed by atoms with Gasteiger partial charge in [0.1, 0.15) is 11.4 Å². The number of sulfone groups is 1. The monoisotopic (exact) mass is 487 g/mol. The Hall–Kier alpha value is -2.71. The summed E-state index contributed by atoms with van der Waals surface area (Å²) in [5.74, 6) is -2.63. The third-order valence-electron chi connectivity index (χ3n) is 6.44. The number of aliphatic hydroxyl groups excluding tert-OH is 1. The van der Waals surface area contributed by atoms with Crippen molar-refractivity contribution in [2.75, 3.05) is 18.9 Å². The van der Waals surface area contributed by atoms with Gasteiger partial charge < -0.3 is 14.7 Å². The number of esters is 1. The standard InChI is InChI=1S/C26H33NO6S/c1-26(2,25(30)27-15-9-14-23(27)17-28)34(31,32)19-22(16-20-10-5-3-6-11-20)24(29)33-18-21-12-7-4-8-13-21/h3-8,10-13,22-23,28H,9,14-19H2,1-2H3/t22?,23-/m1/s1. The summed E-state index contributed by atoms with van der Waals surface area (Å²) in [6.45, 7) is 3.01. The second-order valence-corrected chi connectivity index (χ2v) is 11.8. The van der Waals surface area contributed by atoms with Crippen LogP contribution in [0, 0.1) is 5.92 Å². The zero-order chi connectivity index (χ0) is 24.8. The number of ether oxygens (including phenoxy) is 1. The van der Waals surface area contributed by atoms with Crippen LogP contribution in [-0.4, -0.2) is 60.0 Å². The van der Waals surface area contributed by atoms with E-state index < -0.39 is 38.1 Å². The number of amides is 1. The van der Waals surface area contributed by atoms with Crippen molar-refractivity contribution in [3.63, 3.8) is 0 Å². The molecule has 0 radical (unpaired) electrons. The predicted octanol–water partition coefficient (Wildman–Crippen LogP) is 2.77. The molecule has 0 bridgehead atoms. The molecule has 7 nitrogen and oxygen atoms in total. The van der Waals surface area contributed by atoms with Crippen molar-refractivity contribution >= 4 is 21.7 Å². The summed E-state index contributed by atoms with van der Waals surface area (Å²) in [6, 6.07) is 18.0. The molecular weight excluding hydrogens is 454 g/mol. The Morgan fingerprint density at radius 3 is 2.24 bits per heavy atom. The van der Waals surface area contributed by atoms with Crippen LogP contribution in [0.2, 0.25) is 0 Å². The van der Waals surface area contributed by atoms with Crippen molar-refractivity contribution in [3.8, 4) is 0 Å². The highest BCUT2D eigenvalue weighted by Gasteiger charge is 2.48.